The van der Waals surface area contributed by atoms with Crippen molar-refractivity contribution in [1.29, 1.82) is 0 Å². The first kappa shape index (κ1) is 23.4. The minimum Gasteiger partial charge on any atom is -0.484 e. The van der Waals surface area contributed by atoms with E-state index in [1.807, 2.05) is 23.6 Å². The Morgan fingerprint density at radius 2 is 1.82 bits per heavy atom. The molecule has 0 atom stereocenters. The number of nitrogens with zero attached hydrogens (tertiary/aromatic N) is 2. The Morgan fingerprint density at radius 1 is 1.06 bits per heavy atom. The van der Waals surface area contributed by atoms with Gasteiger partial charge in [-0.3, -0.25) is 14.5 Å². The van der Waals surface area contributed by atoms with Crippen molar-refractivity contribution in [3.8, 4) is 17.0 Å². The molecule has 1 heterocycles. The summed E-state index contributed by atoms with van der Waals surface area (Å²) in [7, 11) is 0. The second-order valence-electron chi connectivity index (χ2n) is 7.28. The molecule has 4 rings (SSSR count). The number of rotatable bonds is 8. The average molecular weight is 496 g/mol. The third-order valence-corrected chi connectivity index (χ3v) is 6.10. The summed E-state index contributed by atoms with van der Waals surface area (Å²) < 4.78 is 19.0. The summed E-state index contributed by atoms with van der Waals surface area (Å²) in [6.07, 6.45) is 0. The first-order chi connectivity index (χ1) is 16.4. The summed E-state index contributed by atoms with van der Waals surface area (Å²) in [4.78, 5) is 30.7. The number of aromatic nitrogens is 1. The molecule has 0 saturated carbocycles. The predicted octanol–water partition coefficient (Wildman–Crippen LogP) is 5.31. The van der Waals surface area contributed by atoms with E-state index in [9.17, 15) is 14.0 Å². The molecule has 2 N–H and O–H groups in total. The van der Waals surface area contributed by atoms with Crippen LogP contribution in [0, 0.1) is 5.82 Å². The number of hydrogen-bond donors (Lipinski definition) is 1. The van der Waals surface area contributed by atoms with E-state index < -0.39 is 5.91 Å². The van der Waals surface area contributed by atoms with Crippen LogP contribution in [0.5, 0.6) is 5.75 Å². The van der Waals surface area contributed by atoms with Crippen LogP contribution in [0.3, 0.4) is 0 Å². The number of ether oxygens (including phenoxy) is 1. The smallest absolute Gasteiger partial charge is 0.267 e. The standard InChI is InChI=1S/C25H19ClFN3O3S/c26-21-7-2-1-6-20(21)22-15-34-25(29-22)30(13-16-8-10-18(27)11-9-16)23(31)14-33-19-5-3-4-17(12-19)24(28)32/h1-12,15H,13-14H2,(H2,28,32). The molecular weight excluding hydrogens is 477 g/mol. The largest absolute Gasteiger partial charge is 0.484 e. The maximum atomic E-state index is 13.4. The van der Waals surface area contributed by atoms with Crippen molar-refractivity contribution in [2.75, 3.05) is 11.5 Å². The molecule has 172 valence electrons. The third kappa shape index (κ3) is 5.59. The maximum Gasteiger partial charge on any atom is 0.267 e. The molecule has 0 unspecified atom stereocenters. The molecule has 0 aliphatic rings. The fraction of sp³-hybridized carbons (Fsp3) is 0.0800. The molecule has 0 bridgehead atoms. The Kier molecular flexibility index (Phi) is 7.20. The molecule has 4 aromatic rings. The van der Waals surface area contributed by atoms with Crippen molar-refractivity contribution in [3.63, 3.8) is 0 Å². The summed E-state index contributed by atoms with van der Waals surface area (Å²) in [5.74, 6) is -0.990. The number of hydrogen-bond acceptors (Lipinski definition) is 5. The summed E-state index contributed by atoms with van der Waals surface area (Å²) in [5.41, 5.74) is 7.69. The van der Waals surface area contributed by atoms with Gasteiger partial charge in [0.25, 0.3) is 5.91 Å². The van der Waals surface area contributed by atoms with E-state index >= 15 is 0 Å². The van der Waals surface area contributed by atoms with Gasteiger partial charge in [-0.2, -0.15) is 0 Å². The quantitative estimate of drug-likeness (QED) is 0.359. The van der Waals surface area contributed by atoms with Crippen LogP contribution in [0.2, 0.25) is 5.02 Å². The number of primary amides is 1. The van der Waals surface area contributed by atoms with E-state index in [1.165, 1.54) is 34.4 Å². The minimum absolute atomic E-state index is 0.166. The summed E-state index contributed by atoms with van der Waals surface area (Å²) in [6, 6.07) is 19.5. The number of anilines is 1. The van der Waals surface area contributed by atoms with Gasteiger partial charge in [-0.25, -0.2) is 9.37 Å². The van der Waals surface area contributed by atoms with Gasteiger partial charge in [0.15, 0.2) is 11.7 Å². The lowest BCUT2D eigenvalue weighted by Crippen LogP contribution is -2.34. The highest BCUT2D eigenvalue weighted by molar-refractivity contribution is 7.14. The van der Waals surface area contributed by atoms with Crippen molar-refractivity contribution in [2.45, 2.75) is 6.54 Å². The van der Waals surface area contributed by atoms with Gasteiger partial charge in [0.1, 0.15) is 11.6 Å². The summed E-state index contributed by atoms with van der Waals surface area (Å²) >= 11 is 7.59. The number of benzene rings is 3. The number of carbonyl (C=O) groups excluding carboxylic acids is 2. The fourth-order valence-electron chi connectivity index (χ4n) is 3.18. The monoisotopic (exact) mass is 495 g/mol. The Labute approximate surface area is 204 Å². The highest BCUT2D eigenvalue weighted by atomic mass is 35.5. The van der Waals surface area contributed by atoms with Crippen LogP contribution >= 0.6 is 22.9 Å². The maximum absolute atomic E-state index is 13.4. The van der Waals surface area contributed by atoms with E-state index in [0.29, 0.717) is 21.6 Å². The van der Waals surface area contributed by atoms with Crippen molar-refractivity contribution < 1.29 is 18.7 Å². The molecule has 34 heavy (non-hydrogen) atoms. The molecule has 6 nitrogen and oxygen atoms in total. The van der Waals surface area contributed by atoms with Gasteiger partial charge in [-0.15, -0.1) is 11.3 Å². The number of amides is 2. The molecule has 0 fully saturated rings. The van der Waals surface area contributed by atoms with Gasteiger partial charge in [0.05, 0.1) is 12.2 Å². The highest BCUT2D eigenvalue weighted by Gasteiger charge is 2.21. The van der Waals surface area contributed by atoms with Crippen LogP contribution in [0.25, 0.3) is 11.3 Å². The Hall–Kier alpha value is -3.75. The van der Waals surface area contributed by atoms with Crippen LogP contribution in [0.1, 0.15) is 15.9 Å². The van der Waals surface area contributed by atoms with Gasteiger partial charge in [0, 0.05) is 21.5 Å². The minimum atomic E-state index is -0.593. The van der Waals surface area contributed by atoms with E-state index in [0.717, 1.165) is 11.1 Å². The van der Waals surface area contributed by atoms with Crippen molar-refractivity contribution in [1.82, 2.24) is 4.98 Å². The number of nitrogens with two attached hydrogens (primary N) is 1. The lowest BCUT2D eigenvalue weighted by Gasteiger charge is -2.20. The number of halogens is 2. The van der Waals surface area contributed by atoms with Gasteiger partial charge in [0.2, 0.25) is 5.91 Å². The van der Waals surface area contributed by atoms with Crippen molar-refractivity contribution in [3.05, 3.63) is 100 Å². The Bertz CT molecular complexity index is 1330. The third-order valence-electron chi connectivity index (χ3n) is 4.91. The molecule has 9 heteroatoms. The normalized spacial score (nSPS) is 10.6. The summed E-state index contributed by atoms with van der Waals surface area (Å²) in [5, 5.41) is 2.81. The molecule has 3 aromatic carbocycles. The molecule has 0 aliphatic carbocycles. The van der Waals surface area contributed by atoms with Crippen LogP contribution in [0.4, 0.5) is 9.52 Å². The Morgan fingerprint density at radius 3 is 2.56 bits per heavy atom. The molecule has 1 aromatic heterocycles. The second-order valence-corrected chi connectivity index (χ2v) is 8.53. The van der Waals surface area contributed by atoms with Crippen molar-refractivity contribution in [2.24, 2.45) is 5.73 Å². The molecule has 0 saturated heterocycles. The van der Waals surface area contributed by atoms with E-state index in [4.69, 9.17) is 22.1 Å². The fourth-order valence-corrected chi connectivity index (χ4v) is 4.25. The predicted molar refractivity (Wildman–Crippen MR) is 131 cm³/mol. The van der Waals surface area contributed by atoms with Crippen LogP contribution in [0.15, 0.2) is 78.2 Å². The van der Waals surface area contributed by atoms with Crippen LogP contribution in [-0.2, 0) is 11.3 Å². The zero-order valence-electron chi connectivity index (χ0n) is 17.8. The van der Waals surface area contributed by atoms with E-state index in [2.05, 4.69) is 4.98 Å². The van der Waals surface area contributed by atoms with Gasteiger partial charge < -0.3 is 10.5 Å². The van der Waals surface area contributed by atoms with E-state index in [1.54, 1.807) is 36.4 Å². The van der Waals surface area contributed by atoms with E-state index in [-0.39, 0.29) is 30.4 Å². The van der Waals surface area contributed by atoms with Gasteiger partial charge >= 0.3 is 0 Å². The molecule has 0 aliphatic heterocycles. The lowest BCUT2D eigenvalue weighted by atomic mass is 10.2. The molecule has 2 amide bonds. The molecule has 0 spiro atoms. The second kappa shape index (κ2) is 10.5. The lowest BCUT2D eigenvalue weighted by molar-refractivity contribution is -0.120. The topological polar surface area (TPSA) is 85.5 Å². The highest BCUT2D eigenvalue weighted by Crippen LogP contribution is 2.32. The molecular formula is C25H19ClFN3O3S. The first-order valence-corrected chi connectivity index (χ1v) is 11.4. The van der Waals surface area contributed by atoms with Crippen LogP contribution < -0.4 is 15.4 Å². The SMILES string of the molecule is NC(=O)c1cccc(OCC(=O)N(Cc2ccc(F)cc2)c2nc(-c3ccccc3Cl)cs2)c1. The number of carbonyl (C=O) groups is 2. The van der Waals surface area contributed by atoms with Gasteiger partial charge in [-0.05, 0) is 42.0 Å². The first-order valence-electron chi connectivity index (χ1n) is 10.2. The van der Waals surface area contributed by atoms with Gasteiger partial charge in [-0.1, -0.05) is 48.0 Å². The van der Waals surface area contributed by atoms with Crippen molar-refractivity contribution >= 4 is 39.9 Å². The average Bonchev–Trinajstić information content (AvgIpc) is 3.32. The zero-order chi connectivity index (χ0) is 24.1. The molecule has 0 radical (unpaired) electrons. The zero-order valence-corrected chi connectivity index (χ0v) is 19.4. The Balaban J connectivity index is 1.58. The number of thiazole rings is 1. The van der Waals surface area contributed by atoms with Crippen LogP contribution in [-0.4, -0.2) is 23.4 Å². The summed E-state index contributed by atoms with van der Waals surface area (Å²) in [6.45, 7) is -0.135.